The SMILES string of the molecule is CCc1ccc2c(c1)nc(SCN1CCNCC1)n2C. The topological polar surface area (TPSA) is 33.1 Å². The molecule has 4 nitrogen and oxygen atoms in total. The number of hydrogen-bond donors (Lipinski definition) is 1. The molecule has 1 aliphatic heterocycles. The number of aromatic nitrogens is 2. The van der Waals surface area contributed by atoms with E-state index < -0.39 is 0 Å². The summed E-state index contributed by atoms with van der Waals surface area (Å²) >= 11 is 1.84. The summed E-state index contributed by atoms with van der Waals surface area (Å²) in [5, 5.41) is 4.50. The van der Waals surface area contributed by atoms with E-state index in [9.17, 15) is 0 Å². The summed E-state index contributed by atoms with van der Waals surface area (Å²) in [6.45, 7) is 6.66. The zero-order valence-electron chi connectivity index (χ0n) is 12.2. The molecule has 108 valence electrons. The van der Waals surface area contributed by atoms with Gasteiger partial charge in [-0.3, -0.25) is 4.90 Å². The lowest BCUT2D eigenvalue weighted by atomic mass is 10.1. The Morgan fingerprint density at radius 2 is 2.10 bits per heavy atom. The molecule has 1 saturated heterocycles. The molecule has 1 aromatic heterocycles. The Morgan fingerprint density at radius 3 is 2.85 bits per heavy atom. The summed E-state index contributed by atoms with van der Waals surface area (Å²) < 4.78 is 2.21. The van der Waals surface area contributed by atoms with Gasteiger partial charge < -0.3 is 9.88 Å². The van der Waals surface area contributed by atoms with E-state index in [2.05, 4.69) is 47.0 Å². The van der Waals surface area contributed by atoms with Crippen LogP contribution in [0.4, 0.5) is 0 Å². The number of fused-ring (bicyclic) bond motifs is 1. The summed E-state index contributed by atoms with van der Waals surface area (Å²) in [5.74, 6) is 1.03. The van der Waals surface area contributed by atoms with Crippen molar-refractivity contribution in [3.8, 4) is 0 Å². The quantitative estimate of drug-likeness (QED) is 0.874. The third-order valence-electron chi connectivity index (χ3n) is 3.90. The van der Waals surface area contributed by atoms with Crippen molar-refractivity contribution in [2.75, 3.05) is 32.1 Å². The van der Waals surface area contributed by atoms with Gasteiger partial charge in [0.2, 0.25) is 0 Å². The number of nitrogens with zero attached hydrogens (tertiary/aromatic N) is 3. The number of imidazole rings is 1. The van der Waals surface area contributed by atoms with Crippen LogP contribution in [-0.2, 0) is 13.5 Å². The highest BCUT2D eigenvalue weighted by atomic mass is 32.2. The average Bonchev–Trinajstić information content (AvgIpc) is 2.82. The van der Waals surface area contributed by atoms with E-state index in [1.54, 1.807) is 0 Å². The number of rotatable bonds is 4. The van der Waals surface area contributed by atoms with Gasteiger partial charge in [-0.2, -0.15) is 0 Å². The first-order chi connectivity index (χ1) is 9.78. The normalized spacial score (nSPS) is 16.9. The Labute approximate surface area is 124 Å². The maximum atomic E-state index is 4.79. The number of thioether (sulfide) groups is 1. The van der Waals surface area contributed by atoms with Gasteiger partial charge in [0, 0.05) is 33.2 Å². The monoisotopic (exact) mass is 290 g/mol. The second-order valence-corrected chi connectivity index (χ2v) is 6.18. The lowest BCUT2D eigenvalue weighted by molar-refractivity contribution is 0.280. The van der Waals surface area contributed by atoms with Gasteiger partial charge in [0.15, 0.2) is 5.16 Å². The van der Waals surface area contributed by atoms with Crippen LogP contribution < -0.4 is 5.32 Å². The van der Waals surface area contributed by atoms with Crippen molar-refractivity contribution in [2.45, 2.75) is 18.5 Å². The number of hydrogen-bond acceptors (Lipinski definition) is 4. The smallest absolute Gasteiger partial charge is 0.170 e. The minimum Gasteiger partial charge on any atom is -0.322 e. The predicted octanol–water partition coefficient (Wildman–Crippen LogP) is 2.09. The van der Waals surface area contributed by atoms with E-state index in [-0.39, 0.29) is 0 Å². The fourth-order valence-electron chi connectivity index (χ4n) is 2.56. The molecule has 20 heavy (non-hydrogen) atoms. The summed E-state index contributed by atoms with van der Waals surface area (Å²) in [7, 11) is 2.11. The van der Waals surface area contributed by atoms with Crippen LogP contribution in [0.3, 0.4) is 0 Å². The first-order valence-electron chi connectivity index (χ1n) is 7.29. The third kappa shape index (κ3) is 2.85. The lowest BCUT2D eigenvalue weighted by Crippen LogP contribution is -2.43. The fraction of sp³-hybridized carbons (Fsp3) is 0.533. The van der Waals surface area contributed by atoms with Crippen molar-refractivity contribution >= 4 is 22.8 Å². The maximum absolute atomic E-state index is 4.79. The molecule has 0 spiro atoms. The Hall–Kier alpha value is -1.04. The van der Waals surface area contributed by atoms with E-state index in [1.165, 1.54) is 11.1 Å². The molecule has 0 saturated carbocycles. The van der Waals surface area contributed by atoms with Crippen LogP contribution in [0.2, 0.25) is 0 Å². The molecule has 0 amide bonds. The average molecular weight is 290 g/mol. The van der Waals surface area contributed by atoms with Gasteiger partial charge in [-0.25, -0.2) is 4.98 Å². The first-order valence-corrected chi connectivity index (χ1v) is 8.27. The second-order valence-electron chi connectivity index (χ2n) is 5.27. The number of piperazine rings is 1. The first kappa shape index (κ1) is 13.9. The van der Waals surface area contributed by atoms with E-state index in [0.29, 0.717) is 0 Å². The molecular weight excluding hydrogens is 268 g/mol. The molecular formula is C15H22N4S. The van der Waals surface area contributed by atoms with Crippen molar-refractivity contribution in [2.24, 2.45) is 7.05 Å². The summed E-state index contributed by atoms with van der Waals surface area (Å²) in [6, 6.07) is 6.61. The van der Waals surface area contributed by atoms with E-state index in [4.69, 9.17) is 4.98 Å². The minimum atomic E-state index is 1.03. The van der Waals surface area contributed by atoms with Crippen LogP contribution in [0, 0.1) is 0 Å². The predicted molar refractivity (Wildman–Crippen MR) is 85.3 cm³/mol. The minimum absolute atomic E-state index is 1.03. The molecule has 5 heteroatoms. The van der Waals surface area contributed by atoms with Crippen LogP contribution in [-0.4, -0.2) is 46.5 Å². The van der Waals surface area contributed by atoms with Crippen LogP contribution in [0.15, 0.2) is 23.4 Å². The second kappa shape index (κ2) is 6.16. The van der Waals surface area contributed by atoms with Gasteiger partial charge in [-0.05, 0) is 24.1 Å². The van der Waals surface area contributed by atoms with E-state index >= 15 is 0 Å². The molecule has 2 heterocycles. The molecule has 0 radical (unpaired) electrons. The highest BCUT2D eigenvalue weighted by Gasteiger charge is 2.13. The maximum Gasteiger partial charge on any atom is 0.170 e. The molecule has 0 aliphatic carbocycles. The Balaban J connectivity index is 1.75. The van der Waals surface area contributed by atoms with Crippen molar-refractivity contribution in [3.05, 3.63) is 23.8 Å². The molecule has 0 atom stereocenters. The zero-order valence-corrected chi connectivity index (χ0v) is 13.0. The fourth-order valence-corrected chi connectivity index (χ4v) is 3.57. The standard InChI is InChI=1S/C15H22N4S/c1-3-12-4-5-14-13(10-12)17-15(18(14)2)20-11-19-8-6-16-7-9-19/h4-5,10,16H,3,6-9,11H2,1-2H3. The third-order valence-corrected chi connectivity index (χ3v) is 5.02. The summed E-state index contributed by atoms with van der Waals surface area (Å²) in [4.78, 5) is 7.27. The number of nitrogens with one attached hydrogen (secondary N) is 1. The highest BCUT2D eigenvalue weighted by molar-refractivity contribution is 7.99. The van der Waals surface area contributed by atoms with Crippen molar-refractivity contribution < 1.29 is 0 Å². The number of benzene rings is 1. The van der Waals surface area contributed by atoms with Gasteiger partial charge in [-0.1, -0.05) is 24.8 Å². The molecule has 1 aromatic carbocycles. The molecule has 0 unspecified atom stereocenters. The van der Waals surface area contributed by atoms with Crippen LogP contribution in [0.5, 0.6) is 0 Å². The van der Waals surface area contributed by atoms with Crippen LogP contribution in [0.1, 0.15) is 12.5 Å². The number of aryl methyl sites for hydroxylation is 2. The highest BCUT2D eigenvalue weighted by Crippen LogP contribution is 2.24. The molecule has 1 aliphatic rings. The Bertz CT molecular complexity index is 587. The molecule has 3 rings (SSSR count). The summed E-state index contributed by atoms with van der Waals surface area (Å²) in [5.41, 5.74) is 3.70. The van der Waals surface area contributed by atoms with Crippen molar-refractivity contribution in [3.63, 3.8) is 0 Å². The summed E-state index contributed by atoms with van der Waals surface area (Å²) in [6.07, 6.45) is 1.07. The zero-order chi connectivity index (χ0) is 13.9. The molecule has 1 N–H and O–H groups in total. The van der Waals surface area contributed by atoms with Crippen molar-refractivity contribution in [1.29, 1.82) is 0 Å². The van der Waals surface area contributed by atoms with E-state index in [0.717, 1.165) is 49.1 Å². The molecule has 2 aromatic rings. The Morgan fingerprint density at radius 1 is 1.30 bits per heavy atom. The largest absolute Gasteiger partial charge is 0.322 e. The molecule has 1 fully saturated rings. The van der Waals surface area contributed by atoms with E-state index in [1.807, 2.05) is 11.8 Å². The van der Waals surface area contributed by atoms with Crippen LogP contribution in [0.25, 0.3) is 11.0 Å². The van der Waals surface area contributed by atoms with Gasteiger partial charge in [0.1, 0.15) is 0 Å². The van der Waals surface area contributed by atoms with Gasteiger partial charge in [0.25, 0.3) is 0 Å². The molecule has 0 bridgehead atoms. The van der Waals surface area contributed by atoms with Gasteiger partial charge >= 0.3 is 0 Å². The van der Waals surface area contributed by atoms with Crippen LogP contribution >= 0.6 is 11.8 Å². The Kier molecular flexibility index (Phi) is 4.29. The van der Waals surface area contributed by atoms with Gasteiger partial charge in [0.05, 0.1) is 16.9 Å². The van der Waals surface area contributed by atoms with Crippen molar-refractivity contribution in [1.82, 2.24) is 19.8 Å². The lowest BCUT2D eigenvalue weighted by Gasteiger charge is -2.26. The van der Waals surface area contributed by atoms with Gasteiger partial charge in [-0.15, -0.1) is 0 Å².